The molecule has 0 saturated carbocycles. The summed E-state index contributed by atoms with van der Waals surface area (Å²) in [4.78, 5) is 17.2. The molecule has 0 bridgehead atoms. The molecule has 7 nitrogen and oxygen atoms in total. The lowest BCUT2D eigenvalue weighted by Crippen LogP contribution is -2.47. The zero-order valence-corrected chi connectivity index (χ0v) is 20.1. The van der Waals surface area contributed by atoms with E-state index in [1.165, 1.54) is 15.6 Å². The molecule has 0 spiro atoms. The second-order valence-electron chi connectivity index (χ2n) is 8.55. The molecule has 2 amide bonds. The van der Waals surface area contributed by atoms with Crippen LogP contribution in [0.4, 0.5) is 22.0 Å². The third-order valence-corrected chi connectivity index (χ3v) is 7.03. The normalized spacial score (nSPS) is 14.0. The van der Waals surface area contributed by atoms with E-state index in [0.717, 1.165) is 50.6 Å². The predicted molar refractivity (Wildman–Crippen MR) is 142 cm³/mol. The van der Waals surface area contributed by atoms with Gasteiger partial charge in [-0.05, 0) is 66.0 Å². The number of anilines is 3. The van der Waals surface area contributed by atoms with E-state index in [9.17, 15) is 4.79 Å². The smallest absolute Gasteiger partial charge is 0.323 e. The average molecular weight is 483 g/mol. The zero-order chi connectivity index (χ0) is 24.0. The van der Waals surface area contributed by atoms with Gasteiger partial charge in [-0.3, -0.25) is 4.90 Å². The number of carbonyl (C=O) groups excluding carboxylic acids is 1. The molecule has 2 heterocycles. The number of benzene rings is 3. The summed E-state index contributed by atoms with van der Waals surface area (Å²) in [6.07, 6.45) is 0.965. The summed E-state index contributed by atoms with van der Waals surface area (Å²) in [6.45, 7) is 5.04. The number of hydrogen-bond acceptors (Lipinski definition) is 6. The molecule has 8 heteroatoms. The van der Waals surface area contributed by atoms with Crippen LogP contribution >= 0.6 is 11.5 Å². The van der Waals surface area contributed by atoms with Crippen LogP contribution in [0.15, 0.2) is 72.8 Å². The predicted octanol–water partition coefficient (Wildman–Crippen LogP) is 5.18. The highest BCUT2D eigenvalue weighted by atomic mass is 32.1. The highest BCUT2D eigenvalue weighted by molar-refractivity contribution is 7.13. The highest BCUT2D eigenvalue weighted by Crippen LogP contribution is 2.29. The lowest BCUT2D eigenvalue weighted by molar-refractivity contribution is 0.260. The summed E-state index contributed by atoms with van der Waals surface area (Å²) in [6, 6.07) is 25.0. The molecule has 1 aliphatic heterocycles. The molecule has 176 valence electrons. The van der Waals surface area contributed by atoms with Crippen molar-refractivity contribution in [3.8, 4) is 6.07 Å². The minimum atomic E-state index is -0.335. The van der Waals surface area contributed by atoms with Crippen molar-refractivity contribution in [2.45, 2.75) is 6.42 Å². The number of nitrogens with zero attached hydrogens (tertiary/aromatic N) is 4. The van der Waals surface area contributed by atoms with Crippen LogP contribution < -0.4 is 15.5 Å². The topological polar surface area (TPSA) is 84.3 Å². The summed E-state index contributed by atoms with van der Waals surface area (Å²) >= 11 is 1.58. The highest BCUT2D eigenvalue weighted by Gasteiger charge is 2.20. The SMILES string of the molecule is N#Cc1cccc(NC(=O)Nc2ccc(CCN3CCN(c4nsc5ccccc45)CC3)cc2)c1. The largest absolute Gasteiger partial charge is 0.353 e. The molecule has 1 aliphatic rings. The summed E-state index contributed by atoms with van der Waals surface area (Å²) in [5, 5.41) is 15.8. The average Bonchev–Trinajstić information content (AvgIpc) is 3.33. The molecular weight excluding hydrogens is 456 g/mol. The molecule has 0 aliphatic carbocycles. The number of hydrogen-bond donors (Lipinski definition) is 2. The first-order chi connectivity index (χ1) is 17.2. The van der Waals surface area contributed by atoms with Gasteiger partial charge in [0, 0.05) is 49.5 Å². The standard InChI is InChI=1S/C27H26N6OS/c28-19-21-4-3-5-23(18-21)30-27(34)29-22-10-8-20(9-11-22)12-13-32-14-16-33(17-15-32)26-24-6-1-2-7-25(24)35-31-26/h1-11,18H,12-17H2,(H2,29,30,34). The second kappa shape index (κ2) is 10.6. The molecule has 0 radical (unpaired) electrons. The fraction of sp³-hybridized carbons (Fsp3) is 0.222. The van der Waals surface area contributed by atoms with Gasteiger partial charge in [-0.25, -0.2) is 4.79 Å². The first-order valence-corrected chi connectivity index (χ1v) is 12.4. The maximum atomic E-state index is 12.3. The van der Waals surface area contributed by atoms with Crippen molar-refractivity contribution in [1.82, 2.24) is 9.27 Å². The molecule has 0 atom stereocenters. The van der Waals surface area contributed by atoms with Crippen LogP contribution in [0.5, 0.6) is 0 Å². The fourth-order valence-corrected chi connectivity index (χ4v) is 5.08. The molecule has 2 N–H and O–H groups in total. The van der Waals surface area contributed by atoms with Gasteiger partial charge in [0.15, 0.2) is 0 Å². The quantitative estimate of drug-likeness (QED) is 0.396. The van der Waals surface area contributed by atoms with Crippen molar-refractivity contribution in [3.05, 3.63) is 83.9 Å². The number of nitriles is 1. The van der Waals surface area contributed by atoms with E-state index in [4.69, 9.17) is 9.64 Å². The minimum Gasteiger partial charge on any atom is -0.353 e. The fourth-order valence-electron chi connectivity index (χ4n) is 4.29. The Morgan fingerprint density at radius 3 is 2.51 bits per heavy atom. The maximum Gasteiger partial charge on any atom is 0.323 e. The zero-order valence-electron chi connectivity index (χ0n) is 19.3. The number of urea groups is 1. The van der Waals surface area contributed by atoms with Crippen LogP contribution in [0.3, 0.4) is 0 Å². The van der Waals surface area contributed by atoms with Crippen molar-refractivity contribution in [2.75, 3.05) is 48.3 Å². The van der Waals surface area contributed by atoms with Crippen molar-refractivity contribution >= 4 is 44.8 Å². The third-order valence-electron chi connectivity index (χ3n) is 6.21. The Morgan fingerprint density at radius 1 is 0.943 bits per heavy atom. The molecule has 5 rings (SSSR count). The van der Waals surface area contributed by atoms with E-state index in [1.807, 2.05) is 12.1 Å². The van der Waals surface area contributed by atoms with Gasteiger partial charge in [-0.15, -0.1) is 0 Å². The van der Waals surface area contributed by atoms with Gasteiger partial charge in [0.2, 0.25) is 0 Å². The molecule has 0 unspecified atom stereocenters. The second-order valence-corrected chi connectivity index (χ2v) is 9.35. The van der Waals surface area contributed by atoms with Crippen LogP contribution in [0.1, 0.15) is 11.1 Å². The van der Waals surface area contributed by atoms with Gasteiger partial charge in [0.05, 0.1) is 16.3 Å². The van der Waals surface area contributed by atoms with Crippen molar-refractivity contribution in [3.63, 3.8) is 0 Å². The summed E-state index contributed by atoms with van der Waals surface area (Å²) in [7, 11) is 0. The molecule has 35 heavy (non-hydrogen) atoms. The summed E-state index contributed by atoms with van der Waals surface area (Å²) in [5.41, 5.74) is 3.06. The number of piperazine rings is 1. The Morgan fingerprint density at radius 2 is 1.71 bits per heavy atom. The maximum absolute atomic E-state index is 12.3. The Hall–Kier alpha value is -3.93. The van der Waals surface area contributed by atoms with E-state index in [2.05, 4.69) is 62.9 Å². The van der Waals surface area contributed by atoms with Crippen LogP contribution in [-0.2, 0) is 6.42 Å². The van der Waals surface area contributed by atoms with Gasteiger partial charge < -0.3 is 15.5 Å². The molecule has 3 aromatic carbocycles. The number of aromatic nitrogens is 1. The Balaban J connectivity index is 1.08. The monoisotopic (exact) mass is 482 g/mol. The molecule has 4 aromatic rings. The summed E-state index contributed by atoms with van der Waals surface area (Å²) in [5.74, 6) is 1.12. The van der Waals surface area contributed by atoms with Crippen LogP contribution in [0.2, 0.25) is 0 Å². The van der Waals surface area contributed by atoms with E-state index >= 15 is 0 Å². The number of fused-ring (bicyclic) bond motifs is 1. The van der Waals surface area contributed by atoms with Crippen molar-refractivity contribution < 1.29 is 4.79 Å². The van der Waals surface area contributed by atoms with E-state index in [1.54, 1.807) is 35.8 Å². The number of nitrogens with one attached hydrogen (secondary N) is 2. The van der Waals surface area contributed by atoms with Gasteiger partial charge in [-0.2, -0.15) is 9.64 Å². The Kier molecular flexibility index (Phi) is 6.89. The lowest BCUT2D eigenvalue weighted by atomic mass is 10.1. The van der Waals surface area contributed by atoms with E-state index < -0.39 is 0 Å². The first kappa shape index (κ1) is 22.8. The molecule has 1 fully saturated rings. The van der Waals surface area contributed by atoms with Gasteiger partial charge in [0.25, 0.3) is 0 Å². The van der Waals surface area contributed by atoms with Crippen LogP contribution in [0, 0.1) is 11.3 Å². The Bertz CT molecular complexity index is 1350. The third kappa shape index (κ3) is 5.60. The first-order valence-electron chi connectivity index (χ1n) is 11.7. The Labute approximate surface area is 208 Å². The molecule has 1 saturated heterocycles. The van der Waals surface area contributed by atoms with Gasteiger partial charge >= 0.3 is 6.03 Å². The van der Waals surface area contributed by atoms with Gasteiger partial charge in [-0.1, -0.05) is 30.3 Å². The van der Waals surface area contributed by atoms with Crippen LogP contribution in [-0.4, -0.2) is 48.0 Å². The summed E-state index contributed by atoms with van der Waals surface area (Å²) < 4.78 is 5.94. The number of rotatable bonds is 6. The van der Waals surface area contributed by atoms with Crippen molar-refractivity contribution in [2.24, 2.45) is 0 Å². The van der Waals surface area contributed by atoms with Crippen molar-refractivity contribution in [1.29, 1.82) is 5.26 Å². The number of amides is 2. The van der Waals surface area contributed by atoms with Crippen LogP contribution in [0.25, 0.3) is 10.1 Å². The van der Waals surface area contributed by atoms with Gasteiger partial charge in [0.1, 0.15) is 5.82 Å². The molecular formula is C27H26N6OS. The van der Waals surface area contributed by atoms with E-state index in [0.29, 0.717) is 11.3 Å². The number of carbonyl (C=O) groups is 1. The van der Waals surface area contributed by atoms with E-state index in [-0.39, 0.29) is 6.03 Å². The molecule has 1 aromatic heterocycles. The lowest BCUT2D eigenvalue weighted by Gasteiger charge is -2.35. The minimum absolute atomic E-state index is 0.335.